The highest BCUT2D eigenvalue weighted by Gasteiger charge is 2.46. The maximum absolute atomic E-state index is 12.8. The van der Waals surface area contributed by atoms with Crippen molar-refractivity contribution in [2.24, 2.45) is 0 Å². The Bertz CT molecular complexity index is 1810. The summed E-state index contributed by atoms with van der Waals surface area (Å²) in [6, 6.07) is 1.24. The van der Waals surface area contributed by atoms with Crippen LogP contribution in [0.1, 0.15) is 181 Å². The van der Waals surface area contributed by atoms with Gasteiger partial charge in [-0.3, -0.25) is 23.2 Å². The van der Waals surface area contributed by atoms with Crippen LogP contribution in [0.15, 0.2) is 53.5 Å². The number of nitrogens with zero attached hydrogens (tertiary/aromatic N) is 2. The minimum Gasteiger partial charge on any atom is -0.462 e. The van der Waals surface area contributed by atoms with Crippen LogP contribution in [0.25, 0.3) is 0 Å². The average Bonchev–Trinajstić information content (AvgIpc) is 3.58. The van der Waals surface area contributed by atoms with Gasteiger partial charge in [-0.15, -0.1) is 0 Å². The molecule has 1 aliphatic heterocycles. The van der Waals surface area contributed by atoms with Gasteiger partial charge in [-0.1, -0.05) is 159 Å². The van der Waals surface area contributed by atoms with Gasteiger partial charge in [-0.05, 0) is 44.6 Å². The smallest absolute Gasteiger partial charge is 0.462 e. The number of hydrogen-bond donors (Lipinski definition) is 6. The van der Waals surface area contributed by atoms with E-state index in [2.05, 4.69) is 35.3 Å². The minimum atomic E-state index is -5.46. The summed E-state index contributed by atoms with van der Waals surface area (Å²) in [6.45, 7) is 1.96. The quantitative estimate of drug-likeness (QED) is 0.0117. The van der Waals surface area contributed by atoms with Crippen molar-refractivity contribution in [1.29, 1.82) is 0 Å². The predicted molar refractivity (Wildman–Crippen MR) is 263 cm³/mol. The molecule has 1 aromatic rings. The van der Waals surface area contributed by atoms with E-state index in [4.69, 9.17) is 29.0 Å². The van der Waals surface area contributed by atoms with Gasteiger partial charge in [0.25, 0.3) is 0 Å². The molecule has 0 spiro atoms. The van der Waals surface area contributed by atoms with Gasteiger partial charge in [0, 0.05) is 19.0 Å². The summed E-state index contributed by atoms with van der Waals surface area (Å²) >= 11 is 0. The second kappa shape index (κ2) is 36.8. The molecule has 0 saturated carbocycles. The SMILES string of the molecule is CCCCCCCC/C=C/C/C=C/C=C/C(O)CCCC(=O)OC[C@H](COP(=O)(O)OP(=O)(O)OC[C@H]1O[C@@H](n2ccc(N)nc2=O)[C@H](O)[C@@H]1O)OC(=O)CCCCCCCCCCCCCCC. The Morgan fingerprint density at radius 1 is 0.768 bits per heavy atom. The lowest BCUT2D eigenvalue weighted by Gasteiger charge is -2.21. The second-order valence-corrected chi connectivity index (χ2v) is 20.6. The third-order valence-corrected chi connectivity index (χ3v) is 13.9. The van der Waals surface area contributed by atoms with Gasteiger partial charge in [0.1, 0.15) is 30.7 Å². The Balaban J connectivity index is 1.85. The summed E-state index contributed by atoms with van der Waals surface area (Å²) < 4.78 is 56.6. The number of phosphoric ester groups is 2. The molecule has 19 nitrogen and oxygen atoms in total. The van der Waals surface area contributed by atoms with Crippen LogP contribution in [-0.4, -0.2) is 96.9 Å². The average molecular weight is 1020 g/mol. The fourth-order valence-electron chi connectivity index (χ4n) is 7.38. The summed E-state index contributed by atoms with van der Waals surface area (Å²) in [5, 5.41) is 31.2. The maximum atomic E-state index is 12.8. The Labute approximate surface area is 409 Å². The number of nitrogen functional groups attached to an aromatic ring is 1. The van der Waals surface area contributed by atoms with Gasteiger partial charge < -0.3 is 45.1 Å². The van der Waals surface area contributed by atoms with Gasteiger partial charge in [0.2, 0.25) is 0 Å². The van der Waals surface area contributed by atoms with Crippen molar-refractivity contribution in [3.05, 3.63) is 59.2 Å². The van der Waals surface area contributed by atoms with Crippen molar-refractivity contribution < 1.29 is 71.4 Å². The summed E-state index contributed by atoms with van der Waals surface area (Å²) in [5.41, 5.74) is 4.57. The second-order valence-electron chi connectivity index (χ2n) is 17.5. The number of anilines is 1. The number of rotatable bonds is 41. The molecule has 0 bridgehead atoms. The van der Waals surface area contributed by atoms with Crippen molar-refractivity contribution in [2.75, 3.05) is 25.6 Å². The third kappa shape index (κ3) is 29.8. The lowest BCUT2D eigenvalue weighted by Crippen LogP contribution is -2.36. The van der Waals surface area contributed by atoms with Crippen LogP contribution in [0.2, 0.25) is 0 Å². The number of carbonyl (C=O) groups excluding carboxylic acids is 2. The van der Waals surface area contributed by atoms with Crippen LogP contribution in [0.3, 0.4) is 0 Å². The number of ether oxygens (including phenoxy) is 3. The molecule has 1 fully saturated rings. The number of aliphatic hydroxyl groups is 3. The molecule has 1 aromatic heterocycles. The fraction of sp³-hybridized carbons (Fsp3) is 0.750. The first-order valence-electron chi connectivity index (χ1n) is 25.1. The summed E-state index contributed by atoms with van der Waals surface area (Å²) in [6.07, 6.45) is 28.3. The van der Waals surface area contributed by atoms with E-state index >= 15 is 0 Å². The number of allylic oxidation sites excluding steroid dienone is 5. The molecule has 0 amide bonds. The summed E-state index contributed by atoms with van der Waals surface area (Å²) in [5.74, 6) is -1.50. The van der Waals surface area contributed by atoms with Crippen LogP contribution >= 0.6 is 15.6 Å². The normalized spacial score (nSPS) is 20.1. The van der Waals surface area contributed by atoms with Crippen LogP contribution < -0.4 is 11.4 Å². The van der Waals surface area contributed by atoms with E-state index in [1.807, 2.05) is 12.2 Å². The van der Waals surface area contributed by atoms with E-state index in [1.165, 1.54) is 96.0 Å². The molecule has 1 saturated heterocycles. The van der Waals surface area contributed by atoms with Crippen molar-refractivity contribution in [3.8, 4) is 0 Å². The fourth-order valence-corrected chi connectivity index (χ4v) is 9.49. The lowest BCUT2D eigenvalue weighted by atomic mass is 10.0. The van der Waals surface area contributed by atoms with E-state index in [0.29, 0.717) is 6.42 Å². The highest BCUT2D eigenvalue weighted by atomic mass is 31.3. The van der Waals surface area contributed by atoms with Gasteiger partial charge in [0.05, 0.1) is 19.3 Å². The Morgan fingerprint density at radius 3 is 1.97 bits per heavy atom. The molecule has 396 valence electrons. The number of phosphoric acid groups is 2. The first kappa shape index (κ1) is 62.1. The first-order valence-corrected chi connectivity index (χ1v) is 28.1. The molecule has 3 unspecified atom stereocenters. The molecular weight excluding hydrogens is 936 g/mol. The number of unbranched alkanes of at least 4 members (excludes halogenated alkanes) is 18. The zero-order chi connectivity index (χ0) is 50.8. The van der Waals surface area contributed by atoms with Crippen molar-refractivity contribution >= 4 is 33.4 Å². The molecular formula is C48H83N3O16P2. The Kier molecular flexibility index (Phi) is 33.1. The highest BCUT2D eigenvalue weighted by molar-refractivity contribution is 7.61. The van der Waals surface area contributed by atoms with E-state index in [1.54, 1.807) is 12.2 Å². The van der Waals surface area contributed by atoms with Crippen molar-refractivity contribution in [1.82, 2.24) is 9.55 Å². The molecule has 21 heteroatoms. The molecule has 7 N–H and O–H groups in total. The number of aliphatic hydroxyl groups excluding tert-OH is 3. The molecule has 1 aliphatic rings. The number of aromatic nitrogens is 2. The van der Waals surface area contributed by atoms with Gasteiger partial charge in [0.15, 0.2) is 12.3 Å². The summed E-state index contributed by atoms with van der Waals surface area (Å²) in [7, 11) is -10.9. The monoisotopic (exact) mass is 1020 g/mol. The standard InChI is InChI=1S/C48H83N3O16P2/c1-3-5-7-9-11-13-15-17-19-21-23-25-27-30-39(52)31-29-33-43(53)62-36-40(65-44(54)32-28-26-24-22-20-18-16-14-12-10-8-6-4-2)37-63-68(58,59)67-69(60,61)64-38-41-45(55)46(56)47(66-41)51-35-34-42(49)50-48(51)57/h17,19,23,25,27,30,34-35,39-41,45-47,52,55-56H,3-16,18,20-22,24,26,28-29,31-33,36-38H2,1-2H3,(H,58,59)(H,60,61)(H2,49,50,57)/b19-17+,25-23+,30-27+/t39?,40-,41-,45-,46-,47-/m1/s1. The van der Waals surface area contributed by atoms with E-state index in [-0.39, 0.29) is 31.5 Å². The molecule has 2 heterocycles. The van der Waals surface area contributed by atoms with Crippen LogP contribution in [0.5, 0.6) is 0 Å². The largest absolute Gasteiger partial charge is 0.481 e. The van der Waals surface area contributed by atoms with Crippen molar-refractivity contribution in [2.45, 2.75) is 211 Å². The van der Waals surface area contributed by atoms with E-state index < -0.39 is 89.8 Å². The summed E-state index contributed by atoms with van der Waals surface area (Å²) in [4.78, 5) is 61.8. The zero-order valence-corrected chi connectivity index (χ0v) is 42.8. The Morgan fingerprint density at radius 2 is 1.35 bits per heavy atom. The number of hydrogen-bond acceptors (Lipinski definition) is 16. The van der Waals surface area contributed by atoms with E-state index in [0.717, 1.165) is 49.3 Å². The number of esters is 2. The molecule has 69 heavy (non-hydrogen) atoms. The van der Waals surface area contributed by atoms with E-state index in [9.17, 15) is 48.6 Å². The van der Waals surface area contributed by atoms with Gasteiger partial charge in [-0.25, -0.2) is 13.9 Å². The van der Waals surface area contributed by atoms with Crippen LogP contribution in [0.4, 0.5) is 5.82 Å². The van der Waals surface area contributed by atoms with Crippen molar-refractivity contribution in [3.63, 3.8) is 0 Å². The molecule has 2 rings (SSSR count). The topological polar surface area (TPSA) is 286 Å². The first-order chi connectivity index (χ1) is 33.1. The van der Waals surface area contributed by atoms with Gasteiger partial charge in [-0.2, -0.15) is 9.29 Å². The number of carbonyl (C=O) groups is 2. The molecule has 0 aliphatic carbocycles. The number of nitrogens with two attached hydrogens (primary N) is 1. The highest BCUT2D eigenvalue weighted by Crippen LogP contribution is 2.60. The molecule has 8 atom stereocenters. The predicted octanol–water partition coefficient (Wildman–Crippen LogP) is 8.97. The minimum absolute atomic E-state index is 0.0137. The lowest BCUT2D eigenvalue weighted by molar-refractivity contribution is -0.161. The third-order valence-electron chi connectivity index (χ3n) is 11.3. The Hall–Kier alpha value is -3.06. The van der Waals surface area contributed by atoms with Gasteiger partial charge >= 0.3 is 33.3 Å². The molecule has 0 aromatic carbocycles. The van der Waals surface area contributed by atoms with Crippen LogP contribution in [-0.2, 0) is 46.3 Å². The van der Waals surface area contributed by atoms with Crippen LogP contribution in [0, 0.1) is 0 Å². The zero-order valence-electron chi connectivity index (χ0n) is 41.0. The molecule has 0 radical (unpaired) electrons. The maximum Gasteiger partial charge on any atom is 0.481 e.